The number of ether oxygens (including phenoxy) is 1. The number of hydrogen-bond donors (Lipinski definition) is 2. The molecule has 1 aromatic rings. The van der Waals surface area contributed by atoms with Crippen LogP contribution in [-0.2, 0) is 22.5 Å². The van der Waals surface area contributed by atoms with E-state index in [4.69, 9.17) is 15.7 Å². The van der Waals surface area contributed by atoms with Gasteiger partial charge in [-0.1, -0.05) is 0 Å². The van der Waals surface area contributed by atoms with Crippen LogP contribution in [0.25, 0.3) is 0 Å². The van der Waals surface area contributed by atoms with E-state index in [1.165, 1.54) is 6.07 Å². The van der Waals surface area contributed by atoms with Crippen molar-refractivity contribution < 1.29 is 14.6 Å². The molecule has 1 rings (SSSR count). The molecular formula is C12H14N2O3. The van der Waals surface area contributed by atoms with Gasteiger partial charge in [0.15, 0.2) is 0 Å². The summed E-state index contributed by atoms with van der Waals surface area (Å²) >= 11 is 0. The molecule has 0 amide bonds. The van der Waals surface area contributed by atoms with Crippen LogP contribution < -0.4 is 5.73 Å². The van der Waals surface area contributed by atoms with Crippen LogP contribution in [0.3, 0.4) is 0 Å². The maximum atomic E-state index is 11.3. The summed E-state index contributed by atoms with van der Waals surface area (Å²) in [6, 6.07) is 4.80. The van der Waals surface area contributed by atoms with Crippen molar-refractivity contribution in [3.63, 3.8) is 0 Å². The number of hydrogen-bond acceptors (Lipinski definition) is 5. The van der Waals surface area contributed by atoms with Crippen LogP contribution in [0.2, 0.25) is 0 Å². The molecular weight excluding hydrogens is 220 g/mol. The van der Waals surface area contributed by atoms with E-state index in [0.29, 0.717) is 17.7 Å². The van der Waals surface area contributed by atoms with Gasteiger partial charge in [0.1, 0.15) is 5.75 Å². The number of phenolic OH excluding ortho intramolecular Hbond substituents is 1. The minimum absolute atomic E-state index is 0.00398. The van der Waals surface area contributed by atoms with Gasteiger partial charge in [0.05, 0.1) is 24.7 Å². The molecule has 0 aromatic heterocycles. The number of nitrogens with two attached hydrogens (primary N) is 1. The summed E-state index contributed by atoms with van der Waals surface area (Å²) < 4.78 is 4.81. The molecule has 1 aromatic carbocycles. The van der Waals surface area contributed by atoms with Gasteiger partial charge in [-0.05, 0) is 24.6 Å². The fourth-order valence-corrected chi connectivity index (χ4v) is 1.47. The first kappa shape index (κ1) is 13.0. The second-order valence-corrected chi connectivity index (χ2v) is 3.44. The third-order valence-electron chi connectivity index (χ3n) is 2.28. The maximum Gasteiger partial charge on any atom is 0.310 e. The lowest BCUT2D eigenvalue weighted by molar-refractivity contribution is -0.142. The maximum absolute atomic E-state index is 11.3. The number of rotatable bonds is 4. The number of nitrogens with zero attached hydrogens (tertiary/aromatic N) is 1. The minimum atomic E-state index is -0.405. The summed E-state index contributed by atoms with van der Waals surface area (Å²) in [5, 5.41) is 18.4. The molecule has 0 radical (unpaired) electrons. The molecule has 0 heterocycles. The zero-order chi connectivity index (χ0) is 12.8. The van der Waals surface area contributed by atoms with E-state index in [0.717, 1.165) is 0 Å². The van der Waals surface area contributed by atoms with Crippen molar-refractivity contribution in [2.24, 2.45) is 5.73 Å². The van der Waals surface area contributed by atoms with Crippen LogP contribution in [0.1, 0.15) is 23.6 Å². The highest BCUT2D eigenvalue weighted by atomic mass is 16.5. The lowest BCUT2D eigenvalue weighted by Gasteiger charge is -2.08. The van der Waals surface area contributed by atoms with E-state index in [-0.39, 0.29) is 24.3 Å². The van der Waals surface area contributed by atoms with Crippen molar-refractivity contribution in [2.75, 3.05) is 6.61 Å². The normalized spacial score (nSPS) is 9.71. The average molecular weight is 234 g/mol. The molecule has 0 bridgehead atoms. The molecule has 17 heavy (non-hydrogen) atoms. The molecule has 90 valence electrons. The number of benzene rings is 1. The van der Waals surface area contributed by atoms with Crippen molar-refractivity contribution in [3.05, 3.63) is 28.8 Å². The molecule has 0 aliphatic heterocycles. The highest BCUT2D eigenvalue weighted by molar-refractivity contribution is 5.74. The van der Waals surface area contributed by atoms with Crippen LogP contribution in [0.4, 0.5) is 0 Å². The summed E-state index contributed by atoms with van der Waals surface area (Å²) in [6.45, 7) is 2.15. The molecule has 3 N–H and O–H groups in total. The van der Waals surface area contributed by atoms with Gasteiger partial charge >= 0.3 is 5.97 Å². The van der Waals surface area contributed by atoms with E-state index in [2.05, 4.69) is 0 Å². The Hall–Kier alpha value is -2.06. The van der Waals surface area contributed by atoms with Crippen LogP contribution in [-0.4, -0.2) is 17.7 Å². The first-order valence-corrected chi connectivity index (χ1v) is 5.22. The zero-order valence-electron chi connectivity index (χ0n) is 9.56. The van der Waals surface area contributed by atoms with Gasteiger partial charge in [0.25, 0.3) is 0 Å². The van der Waals surface area contributed by atoms with Crippen molar-refractivity contribution in [1.29, 1.82) is 5.26 Å². The van der Waals surface area contributed by atoms with Crippen molar-refractivity contribution in [3.8, 4) is 11.8 Å². The summed E-state index contributed by atoms with van der Waals surface area (Å²) in [5.74, 6) is -0.436. The SMILES string of the molecule is CCOC(=O)Cc1cc(CN)c(O)cc1C#N. The smallest absolute Gasteiger partial charge is 0.310 e. The molecule has 0 atom stereocenters. The third-order valence-corrected chi connectivity index (χ3v) is 2.28. The van der Waals surface area contributed by atoms with Gasteiger partial charge in [0.2, 0.25) is 0 Å². The first-order chi connectivity index (χ1) is 8.12. The van der Waals surface area contributed by atoms with E-state index in [1.807, 2.05) is 6.07 Å². The zero-order valence-corrected chi connectivity index (χ0v) is 9.56. The summed E-state index contributed by atoms with van der Waals surface area (Å²) in [5.41, 5.74) is 6.72. The second-order valence-electron chi connectivity index (χ2n) is 3.44. The van der Waals surface area contributed by atoms with Crippen LogP contribution in [0, 0.1) is 11.3 Å². The first-order valence-electron chi connectivity index (χ1n) is 5.22. The molecule has 0 fully saturated rings. The molecule has 0 unspecified atom stereocenters. The topological polar surface area (TPSA) is 96.3 Å². The van der Waals surface area contributed by atoms with Gasteiger partial charge in [-0.2, -0.15) is 5.26 Å². The number of esters is 1. The van der Waals surface area contributed by atoms with Gasteiger partial charge < -0.3 is 15.6 Å². The molecule has 0 aliphatic carbocycles. The molecule has 0 saturated heterocycles. The predicted octanol–water partition coefficient (Wildman–Crippen LogP) is 0.828. The van der Waals surface area contributed by atoms with Gasteiger partial charge in [0, 0.05) is 12.1 Å². The van der Waals surface area contributed by atoms with Crippen LogP contribution >= 0.6 is 0 Å². The van der Waals surface area contributed by atoms with Crippen LogP contribution in [0.5, 0.6) is 5.75 Å². The highest BCUT2D eigenvalue weighted by Crippen LogP contribution is 2.22. The molecule has 5 heteroatoms. The average Bonchev–Trinajstić information content (AvgIpc) is 2.31. The van der Waals surface area contributed by atoms with Gasteiger partial charge in [-0.15, -0.1) is 0 Å². The third kappa shape index (κ3) is 3.20. The Morgan fingerprint density at radius 1 is 1.53 bits per heavy atom. The monoisotopic (exact) mass is 234 g/mol. The molecule has 0 aliphatic rings. The van der Waals surface area contributed by atoms with E-state index >= 15 is 0 Å². The van der Waals surface area contributed by atoms with Crippen molar-refractivity contribution in [1.82, 2.24) is 0 Å². The Morgan fingerprint density at radius 3 is 2.76 bits per heavy atom. The fraction of sp³-hybridized carbons (Fsp3) is 0.333. The van der Waals surface area contributed by atoms with E-state index < -0.39 is 5.97 Å². The fourth-order valence-electron chi connectivity index (χ4n) is 1.47. The summed E-state index contributed by atoms with van der Waals surface area (Å²) in [6.07, 6.45) is 0.00398. The summed E-state index contributed by atoms with van der Waals surface area (Å²) in [7, 11) is 0. The van der Waals surface area contributed by atoms with Crippen molar-refractivity contribution >= 4 is 5.97 Å². The predicted molar refractivity (Wildman–Crippen MR) is 61.1 cm³/mol. The standard InChI is InChI=1S/C12H14N2O3/c1-2-17-12(16)5-8-3-10(7-14)11(15)4-9(8)6-13/h3-4,15H,2,5,7,14H2,1H3. The highest BCUT2D eigenvalue weighted by Gasteiger charge is 2.12. The number of carbonyl (C=O) groups is 1. The number of aromatic hydroxyl groups is 1. The minimum Gasteiger partial charge on any atom is -0.508 e. The van der Waals surface area contributed by atoms with Crippen LogP contribution in [0.15, 0.2) is 12.1 Å². The Labute approximate surface area is 99.4 Å². The number of carbonyl (C=O) groups excluding carboxylic acids is 1. The van der Waals surface area contributed by atoms with Gasteiger partial charge in [-0.3, -0.25) is 4.79 Å². The second kappa shape index (κ2) is 5.87. The Morgan fingerprint density at radius 2 is 2.24 bits per heavy atom. The Balaban J connectivity index is 3.05. The van der Waals surface area contributed by atoms with E-state index in [9.17, 15) is 9.90 Å². The summed E-state index contributed by atoms with van der Waals surface area (Å²) in [4.78, 5) is 11.3. The number of nitriles is 1. The Kier molecular flexibility index (Phi) is 4.49. The van der Waals surface area contributed by atoms with E-state index in [1.54, 1.807) is 13.0 Å². The Bertz CT molecular complexity index is 464. The lowest BCUT2D eigenvalue weighted by Crippen LogP contribution is -2.09. The lowest BCUT2D eigenvalue weighted by atomic mass is 10.0. The largest absolute Gasteiger partial charge is 0.508 e. The van der Waals surface area contributed by atoms with Crippen molar-refractivity contribution in [2.45, 2.75) is 19.9 Å². The molecule has 5 nitrogen and oxygen atoms in total. The van der Waals surface area contributed by atoms with Gasteiger partial charge in [-0.25, -0.2) is 0 Å². The quantitative estimate of drug-likeness (QED) is 0.752. The molecule has 0 spiro atoms. The number of phenols is 1. The molecule has 0 saturated carbocycles.